The summed E-state index contributed by atoms with van der Waals surface area (Å²) in [5.41, 5.74) is 0. The fourth-order valence-electron chi connectivity index (χ4n) is 1.39. The Kier molecular flexibility index (Phi) is 5.35. The molecule has 2 amide bonds. The van der Waals surface area contributed by atoms with Crippen LogP contribution >= 0.6 is 0 Å². The maximum Gasteiger partial charge on any atom is 0.245 e. The van der Waals surface area contributed by atoms with E-state index in [0.29, 0.717) is 18.3 Å². The normalized spacial score (nSPS) is 10.4. The van der Waals surface area contributed by atoms with Crippen molar-refractivity contribution >= 4 is 17.6 Å². The Labute approximate surface area is 106 Å². The van der Waals surface area contributed by atoms with Gasteiger partial charge in [0.25, 0.3) is 0 Å². The molecule has 6 heteroatoms. The number of carbonyl (C=O) groups excluding carboxylic acids is 2. The van der Waals surface area contributed by atoms with Gasteiger partial charge in [0.2, 0.25) is 11.8 Å². The highest BCUT2D eigenvalue weighted by Gasteiger charge is 2.14. The zero-order chi connectivity index (χ0) is 13.5. The Hall–Kier alpha value is -1.85. The molecule has 18 heavy (non-hydrogen) atoms. The molecule has 0 fully saturated rings. The summed E-state index contributed by atoms with van der Waals surface area (Å²) < 4.78 is 4.60. The molecule has 1 aromatic rings. The quantitative estimate of drug-likeness (QED) is 0.833. The van der Waals surface area contributed by atoms with Crippen molar-refractivity contribution in [3.05, 3.63) is 12.3 Å². The summed E-state index contributed by atoms with van der Waals surface area (Å²) in [7, 11) is 0. The fraction of sp³-hybridized carbons (Fsp3) is 0.583. The third-order valence-corrected chi connectivity index (χ3v) is 2.46. The lowest BCUT2D eigenvalue weighted by Crippen LogP contribution is -2.37. The number of hydrogen-bond donors (Lipinski definition) is 1. The van der Waals surface area contributed by atoms with E-state index in [0.717, 1.165) is 6.42 Å². The van der Waals surface area contributed by atoms with Gasteiger partial charge in [-0.2, -0.15) is 0 Å². The van der Waals surface area contributed by atoms with Crippen molar-refractivity contribution in [2.24, 2.45) is 5.92 Å². The first-order chi connectivity index (χ1) is 8.49. The lowest BCUT2D eigenvalue weighted by Gasteiger charge is -2.21. The van der Waals surface area contributed by atoms with Crippen molar-refractivity contribution in [1.29, 1.82) is 0 Å². The van der Waals surface area contributed by atoms with Crippen LogP contribution in [0.4, 0.5) is 5.82 Å². The fourth-order valence-corrected chi connectivity index (χ4v) is 1.39. The molecule has 0 saturated heterocycles. The van der Waals surface area contributed by atoms with Gasteiger partial charge in [-0.05, 0) is 12.3 Å². The molecule has 0 saturated carbocycles. The Bertz CT molecular complexity index is 387. The number of nitrogens with zero attached hydrogens (tertiary/aromatic N) is 2. The summed E-state index contributed by atoms with van der Waals surface area (Å²) in [6, 6.07) is 1.55. The van der Waals surface area contributed by atoms with Crippen molar-refractivity contribution < 1.29 is 14.1 Å². The number of hydrogen-bond acceptors (Lipinski definition) is 4. The largest absolute Gasteiger partial charge is 0.363 e. The molecule has 0 spiro atoms. The zero-order valence-corrected chi connectivity index (χ0v) is 11.0. The van der Waals surface area contributed by atoms with Crippen molar-refractivity contribution in [2.45, 2.75) is 27.2 Å². The molecule has 0 aliphatic carbocycles. The summed E-state index contributed by atoms with van der Waals surface area (Å²) in [6.45, 7) is 6.24. The lowest BCUT2D eigenvalue weighted by atomic mass is 10.1. The SMILES string of the molecule is CC(=O)N(CCC(C)C)CC(=O)Nc1ccon1. The minimum Gasteiger partial charge on any atom is -0.363 e. The maximum absolute atomic E-state index is 11.7. The van der Waals surface area contributed by atoms with Crippen molar-refractivity contribution in [2.75, 3.05) is 18.4 Å². The Morgan fingerprint density at radius 2 is 2.22 bits per heavy atom. The molecule has 0 aliphatic heterocycles. The molecular formula is C12H19N3O3. The predicted octanol–water partition coefficient (Wildman–Crippen LogP) is 1.51. The number of nitrogens with one attached hydrogen (secondary N) is 1. The van der Waals surface area contributed by atoms with E-state index >= 15 is 0 Å². The van der Waals surface area contributed by atoms with E-state index in [9.17, 15) is 9.59 Å². The smallest absolute Gasteiger partial charge is 0.245 e. The molecule has 1 N–H and O–H groups in total. The van der Waals surface area contributed by atoms with E-state index in [-0.39, 0.29) is 18.4 Å². The molecule has 100 valence electrons. The summed E-state index contributed by atoms with van der Waals surface area (Å²) >= 11 is 0. The number of anilines is 1. The molecule has 0 radical (unpaired) electrons. The van der Waals surface area contributed by atoms with Gasteiger partial charge >= 0.3 is 0 Å². The highest BCUT2D eigenvalue weighted by atomic mass is 16.5. The van der Waals surface area contributed by atoms with Crippen LogP contribution in [0.5, 0.6) is 0 Å². The van der Waals surface area contributed by atoms with E-state index in [1.165, 1.54) is 18.1 Å². The molecule has 0 aromatic carbocycles. The summed E-state index contributed by atoms with van der Waals surface area (Å²) in [5.74, 6) is 0.464. The van der Waals surface area contributed by atoms with Gasteiger partial charge in [-0.1, -0.05) is 19.0 Å². The predicted molar refractivity (Wildman–Crippen MR) is 66.8 cm³/mol. The van der Waals surface area contributed by atoms with Gasteiger partial charge in [-0.25, -0.2) is 0 Å². The Morgan fingerprint density at radius 1 is 1.50 bits per heavy atom. The topological polar surface area (TPSA) is 75.4 Å². The van der Waals surface area contributed by atoms with Crippen molar-refractivity contribution in [3.8, 4) is 0 Å². The number of amides is 2. The number of carbonyl (C=O) groups is 2. The number of aromatic nitrogens is 1. The second-order valence-corrected chi connectivity index (χ2v) is 4.56. The van der Waals surface area contributed by atoms with E-state index in [1.807, 2.05) is 0 Å². The molecular weight excluding hydrogens is 234 g/mol. The monoisotopic (exact) mass is 253 g/mol. The summed E-state index contributed by atoms with van der Waals surface area (Å²) in [5, 5.41) is 6.13. The maximum atomic E-state index is 11.7. The Morgan fingerprint density at radius 3 is 2.72 bits per heavy atom. The van der Waals surface area contributed by atoms with Crippen LogP contribution in [0.3, 0.4) is 0 Å². The molecule has 0 atom stereocenters. The molecule has 0 unspecified atom stereocenters. The van der Waals surface area contributed by atoms with Gasteiger partial charge in [0.1, 0.15) is 6.26 Å². The van der Waals surface area contributed by atoms with Gasteiger partial charge in [0.05, 0.1) is 6.54 Å². The van der Waals surface area contributed by atoms with E-state index in [4.69, 9.17) is 0 Å². The third-order valence-electron chi connectivity index (χ3n) is 2.46. The van der Waals surface area contributed by atoms with Gasteiger partial charge in [-0.15, -0.1) is 0 Å². The van der Waals surface area contributed by atoms with Crippen LogP contribution in [0.25, 0.3) is 0 Å². The Balaban J connectivity index is 2.45. The van der Waals surface area contributed by atoms with Gasteiger partial charge < -0.3 is 14.7 Å². The zero-order valence-electron chi connectivity index (χ0n) is 11.0. The third kappa shape index (κ3) is 4.99. The van der Waals surface area contributed by atoms with Gasteiger partial charge in [0.15, 0.2) is 5.82 Å². The number of rotatable bonds is 6. The standard InChI is InChI=1S/C12H19N3O3/c1-9(2)4-6-15(10(3)16)8-12(17)13-11-5-7-18-14-11/h5,7,9H,4,6,8H2,1-3H3,(H,13,14,17). The van der Waals surface area contributed by atoms with Crippen LogP contribution in [0.15, 0.2) is 16.9 Å². The molecule has 1 aromatic heterocycles. The molecule has 1 rings (SSSR count). The molecule has 6 nitrogen and oxygen atoms in total. The van der Waals surface area contributed by atoms with Crippen LogP contribution in [-0.4, -0.2) is 35.0 Å². The molecule has 0 bridgehead atoms. The first kappa shape index (κ1) is 14.2. The second-order valence-electron chi connectivity index (χ2n) is 4.56. The minimum absolute atomic E-state index is 0.0366. The van der Waals surface area contributed by atoms with Crippen LogP contribution in [0, 0.1) is 5.92 Å². The van der Waals surface area contributed by atoms with Gasteiger partial charge in [0, 0.05) is 19.5 Å². The molecule has 1 heterocycles. The first-order valence-electron chi connectivity index (χ1n) is 5.94. The molecule has 0 aliphatic rings. The van der Waals surface area contributed by atoms with Crippen LogP contribution in [0.2, 0.25) is 0 Å². The van der Waals surface area contributed by atoms with Crippen molar-refractivity contribution in [1.82, 2.24) is 10.1 Å². The summed E-state index contributed by atoms with van der Waals surface area (Å²) in [4.78, 5) is 24.6. The average molecular weight is 253 g/mol. The minimum atomic E-state index is -0.275. The summed E-state index contributed by atoms with van der Waals surface area (Å²) in [6.07, 6.45) is 2.24. The second kappa shape index (κ2) is 6.78. The van der Waals surface area contributed by atoms with Crippen LogP contribution in [0.1, 0.15) is 27.2 Å². The average Bonchev–Trinajstić information content (AvgIpc) is 2.76. The highest BCUT2D eigenvalue weighted by molar-refractivity contribution is 5.93. The lowest BCUT2D eigenvalue weighted by molar-refractivity contribution is -0.132. The van der Waals surface area contributed by atoms with Crippen molar-refractivity contribution in [3.63, 3.8) is 0 Å². The van der Waals surface area contributed by atoms with E-state index in [1.54, 1.807) is 6.07 Å². The highest BCUT2D eigenvalue weighted by Crippen LogP contribution is 2.04. The van der Waals surface area contributed by atoms with Crippen LogP contribution in [-0.2, 0) is 9.59 Å². The first-order valence-corrected chi connectivity index (χ1v) is 5.94. The van der Waals surface area contributed by atoms with E-state index < -0.39 is 0 Å². The van der Waals surface area contributed by atoms with Crippen LogP contribution < -0.4 is 5.32 Å². The van der Waals surface area contributed by atoms with E-state index in [2.05, 4.69) is 28.8 Å². The van der Waals surface area contributed by atoms with Gasteiger partial charge in [-0.3, -0.25) is 9.59 Å².